The van der Waals surface area contributed by atoms with Gasteiger partial charge in [-0.05, 0) is 60.0 Å². The summed E-state index contributed by atoms with van der Waals surface area (Å²) in [7, 11) is 0. The van der Waals surface area contributed by atoms with Gasteiger partial charge in [0, 0.05) is 17.3 Å². The molecule has 0 heterocycles. The molecule has 3 rings (SSSR count). The lowest BCUT2D eigenvalue weighted by Gasteiger charge is -2.14. The minimum atomic E-state index is -0.290. The largest absolute Gasteiger partial charge is 0.486 e. The molecular formula is C21H17Cl3FNO. The molecule has 0 bridgehead atoms. The van der Waals surface area contributed by atoms with E-state index in [2.05, 4.69) is 5.32 Å². The van der Waals surface area contributed by atoms with Crippen molar-refractivity contribution in [1.29, 1.82) is 0 Å². The highest BCUT2D eigenvalue weighted by atomic mass is 35.5. The van der Waals surface area contributed by atoms with Gasteiger partial charge in [-0.15, -0.1) is 0 Å². The van der Waals surface area contributed by atoms with E-state index in [9.17, 15) is 4.39 Å². The lowest BCUT2D eigenvalue weighted by atomic mass is 10.1. The molecule has 3 aromatic rings. The zero-order valence-corrected chi connectivity index (χ0v) is 16.8. The van der Waals surface area contributed by atoms with Gasteiger partial charge >= 0.3 is 0 Å². The van der Waals surface area contributed by atoms with Crippen molar-refractivity contribution in [3.63, 3.8) is 0 Å². The molecule has 27 heavy (non-hydrogen) atoms. The maximum atomic E-state index is 13.0. The molecule has 0 saturated heterocycles. The standard InChI is InChI=1S/C21H17Cl3FNO/c1-13-17(22)3-2-4-20(13)26-11-15-9-18(23)21(19(24)10-15)27-12-14-5-7-16(25)8-6-14/h2-10,26H,11-12H2,1H3. The lowest BCUT2D eigenvalue weighted by Crippen LogP contribution is -2.02. The number of hydrogen-bond donors (Lipinski definition) is 1. The van der Waals surface area contributed by atoms with Gasteiger partial charge in [-0.25, -0.2) is 4.39 Å². The van der Waals surface area contributed by atoms with E-state index in [-0.39, 0.29) is 12.4 Å². The summed E-state index contributed by atoms with van der Waals surface area (Å²) in [4.78, 5) is 0. The number of nitrogens with one attached hydrogen (secondary N) is 1. The Morgan fingerprint density at radius 1 is 0.889 bits per heavy atom. The first-order chi connectivity index (χ1) is 12.9. The topological polar surface area (TPSA) is 21.3 Å². The van der Waals surface area contributed by atoms with Crippen LogP contribution in [-0.2, 0) is 13.2 Å². The Morgan fingerprint density at radius 3 is 2.22 bits per heavy atom. The van der Waals surface area contributed by atoms with E-state index in [0.717, 1.165) is 22.4 Å². The van der Waals surface area contributed by atoms with Crippen LogP contribution in [0.4, 0.5) is 10.1 Å². The zero-order valence-electron chi connectivity index (χ0n) is 14.5. The first-order valence-electron chi connectivity index (χ1n) is 8.28. The fourth-order valence-corrected chi connectivity index (χ4v) is 3.40. The predicted molar refractivity (Wildman–Crippen MR) is 111 cm³/mol. The molecule has 2 nitrogen and oxygen atoms in total. The molecule has 0 aromatic heterocycles. The highest BCUT2D eigenvalue weighted by Gasteiger charge is 2.11. The minimum absolute atomic E-state index is 0.249. The van der Waals surface area contributed by atoms with Crippen molar-refractivity contribution >= 4 is 40.5 Å². The molecule has 0 saturated carbocycles. The third kappa shape index (κ3) is 5.07. The van der Waals surface area contributed by atoms with Crippen molar-refractivity contribution in [1.82, 2.24) is 0 Å². The molecule has 3 aromatic carbocycles. The van der Waals surface area contributed by atoms with Crippen LogP contribution in [0.1, 0.15) is 16.7 Å². The summed E-state index contributed by atoms with van der Waals surface area (Å²) >= 11 is 18.8. The Morgan fingerprint density at radius 2 is 1.56 bits per heavy atom. The smallest absolute Gasteiger partial charge is 0.156 e. The summed E-state index contributed by atoms with van der Waals surface area (Å²) in [6.07, 6.45) is 0. The van der Waals surface area contributed by atoms with Crippen LogP contribution in [0.15, 0.2) is 54.6 Å². The van der Waals surface area contributed by atoms with Gasteiger partial charge in [0.05, 0.1) is 10.0 Å². The average molecular weight is 425 g/mol. The summed E-state index contributed by atoms with van der Waals surface area (Å²) < 4.78 is 18.7. The highest BCUT2D eigenvalue weighted by Crippen LogP contribution is 2.35. The Kier molecular flexibility index (Phi) is 6.48. The quantitative estimate of drug-likeness (QED) is 0.449. The number of hydrogen-bond acceptors (Lipinski definition) is 2. The Labute approximate surface area is 172 Å². The van der Waals surface area contributed by atoms with Gasteiger partial charge in [0.2, 0.25) is 0 Å². The molecule has 0 aliphatic heterocycles. The summed E-state index contributed by atoms with van der Waals surface area (Å²) in [5.41, 5.74) is 3.67. The van der Waals surface area contributed by atoms with E-state index >= 15 is 0 Å². The number of ether oxygens (including phenoxy) is 1. The van der Waals surface area contributed by atoms with Crippen molar-refractivity contribution in [2.75, 3.05) is 5.32 Å². The van der Waals surface area contributed by atoms with Gasteiger partial charge in [-0.3, -0.25) is 0 Å². The molecule has 0 atom stereocenters. The van der Waals surface area contributed by atoms with Gasteiger partial charge in [-0.2, -0.15) is 0 Å². The van der Waals surface area contributed by atoms with Crippen molar-refractivity contribution in [3.8, 4) is 5.75 Å². The monoisotopic (exact) mass is 423 g/mol. The third-order valence-corrected chi connectivity index (χ3v) is 5.08. The van der Waals surface area contributed by atoms with Gasteiger partial charge in [0.1, 0.15) is 12.4 Å². The fourth-order valence-electron chi connectivity index (χ4n) is 2.58. The van der Waals surface area contributed by atoms with Gasteiger partial charge in [0.25, 0.3) is 0 Å². The van der Waals surface area contributed by atoms with Crippen LogP contribution in [0, 0.1) is 12.7 Å². The Bertz CT molecular complexity index is 922. The molecule has 0 aliphatic rings. The first-order valence-corrected chi connectivity index (χ1v) is 9.41. The van der Waals surface area contributed by atoms with Crippen LogP contribution in [-0.4, -0.2) is 0 Å². The van der Waals surface area contributed by atoms with Crippen LogP contribution in [0.2, 0.25) is 15.1 Å². The highest BCUT2D eigenvalue weighted by molar-refractivity contribution is 6.37. The molecule has 6 heteroatoms. The van der Waals surface area contributed by atoms with Crippen LogP contribution < -0.4 is 10.1 Å². The zero-order chi connectivity index (χ0) is 19.4. The molecule has 0 amide bonds. The van der Waals surface area contributed by atoms with Gasteiger partial charge < -0.3 is 10.1 Å². The van der Waals surface area contributed by atoms with Crippen LogP contribution in [0.25, 0.3) is 0 Å². The maximum Gasteiger partial charge on any atom is 0.156 e. The molecule has 1 N–H and O–H groups in total. The fraction of sp³-hybridized carbons (Fsp3) is 0.143. The molecule has 0 spiro atoms. The van der Waals surface area contributed by atoms with E-state index in [1.807, 2.05) is 25.1 Å². The predicted octanol–water partition coefficient (Wildman–Crippen LogP) is 7.29. The lowest BCUT2D eigenvalue weighted by molar-refractivity contribution is 0.306. The van der Waals surface area contributed by atoms with Crippen LogP contribution in [0.3, 0.4) is 0 Å². The van der Waals surface area contributed by atoms with E-state index in [4.69, 9.17) is 39.5 Å². The normalized spacial score (nSPS) is 10.7. The molecule has 0 radical (unpaired) electrons. The summed E-state index contributed by atoms with van der Waals surface area (Å²) in [5, 5.41) is 4.88. The molecule has 140 valence electrons. The SMILES string of the molecule is Cc1c(Cl)cccc1NCc1cc(Cl)c(OCc2ccc(F)cc2)c(Cl)c1. The summed E-state index contributed by atoms with van der Waals surface area (Å²) in [6, 6.07) is 15.4. The minimum Gasteiger partial charge on any atom is -0.486 e. The summed E-state index contributed by atoms with van der Waals surface area (Å²) in [5.74, 6) is 0.118. The Balaban J connectivity index is 1.68. The van der Waals surface area contributed by atoms with Crippen molar-refractivity contribution in [3.05, 3.63) is 92.2 Å². The maximum absolute atomic E-state index is 13.0. The van der Waals surface area contributed by atoms with Gasteiger partial charge in [0.15, 0.2) is 5.75 Å². The number of halogens is 4. The van der Waals surface area contributed by atoms with Crippen molar-refractivity contribution < 1.29 is 9.13 Å². The number of benzene rings is 3. The van der Waals surface area contributed by atoms with E-state index < -0.39 is 0 Å². The van der Waals surface area contributed by atoms with Crippen molar-refractivity contribution in [2.24, 2.45) is 0 Å². The molecule has 0 fully saturated rings. The third-order valence-electron chi connectivity index (χ3n) is 4.11. The van der Waals surface area contributed by atoms with Gasteiger partial charge in [-0.1, -0.05) is 53.0 Å². The van der Waals surface area contributed by atoms with E-state index in [1.165, 1.54) is 12.1 Å². The van der Waals surface area contributed by atoms with E-state index in [0.29, 0.717) is 27.4 Å². The van der Waals surface area contributed by atoms with E-state index in [1.54, 1.807) is 24.3 Å². The second-order valence-corrected chi connectivity index (χ2v) is 7.29. The summed E-state index contributed by atoms with van der Waals surface area (Å²) in [6.45, 7) is 2.74. The first kappa shape index (κ1) is 19.8. The number of anilines is 1. The average Bonchev–Trinajstić information content (AvgIpc) is 2.64. The van der Waals surface area contributed by atoms with Crippen molar-refractivity contribution in [2.45, 2.75) is 20.1 Å². The second kappa shape index (κ2) is 8.83. The second-order valence-electron chi connectivity index (χ2n) is 6.07. The molecular weight excluding hydrogens is 408 g/mol. The Hall–Kier alpha value is -1.94. The number of rotatable bonds is 6. The van der Waals surface area contributed by atoms with Crippen LogP contribution in [0.5, 0.6) is 5.75 Å². The van der Waals surface area contributed by atoms with Crippen LogP contribution >= 0.6 is 34.8 Å². The molecule has 0 aliphatic carbocycles. The molecule has 0 unspecified atom stereocenters.